The van der Waals surface area contributed by atoms with Crippen LogP contribution in [0.15, 0.2) is 48.7 Å². The summed E-state index contributed by atoms with van der Waals surface area (Å²) in [6.07, 6.45) is 7.58. The minimum Gasteiger partial charge on any atom is -0.504 e. The lowest BCUT2D eigenvalue weighted by Crippen LogP contribution is -2.56. The highest BCUT2D eigenvalue weighted by Crippen LogP contribution is 2.38. The van der Waals surface area contributed by atoms with Gasteiger partial charge < -0.3 is 19.5 Å². The molecule has 2 fully saturated rings. The number of pyridine rings is 1. The molecule has 3 heterocycles. The fourth-order valence-corrected chi connectivity index (χ4v) is 4.98. The van der Waals surface area contributed by atoms with Crippen LogP contribution >= 0.6 is 0 Å². The lowest BCUT2D eigenvalue weighted by atomic mass is 9.85. The highest BCUT2D eigenvalue weighted by atomic mass is 16.5. The van der Waals surface area contributed by atoms with Crippen molar-refractivity contribution in [3.8, 4) is 11.5 Å². The van der Waals surface area contributed by atoms with E-state index in [1.807, 2.05) is 30.3 Å². The van der Waals surface area contributed by atoms with Gasteiger partial charge in [-0.25, -0.2) is 4.79 Å². The molecule has 0 radical (unpaired) electrons. The van der Waals surface area contributed by atoms with Crippen LogP contribution in [0, 0.1) is 0 Å². The zero-order valence-electron chi connectivity index (χ0n) is 20.9. The molecule has 1 spiro atoms. The van der Waals surface area contributed by atoms with Crippen LogP contribution in [0.3, 0.4) is 0 Å². The molecule has 1 aromatic heterocycles. The van der Waals surface area contributed by atoms with E-state index in [0.29, 0.717) is 56.9 Å². The summed E-state index contributed by atoms with van der Waals surface area (Å²) in [5.74, 6) is 0.422. The minimum absolute atomic E-state index is 0.110. The van der Waals surface area contributed by atoms with Gasteiger partial charge in [0.1, 0.15) is 5.54 Å². The van der Waals surface area contributed by atoms with Crippen molar-refractivity contribution in [3.05, 3.63) is 59.9 Å². The summed E-state index contributed by atoms with van der Waals surface area (Å²) in [7, 11) is 3.16. The van der Waals surface area contributed by atoms with E-state index >= 15 is 0 Å². The molecular weight excluding hydrogens is 460 g/mol. The average molecular weight is 495 g/mol. The van der Waals surface area contributed by atoms with Crippen LogP contribution in [0.4, 0.5) is 4.79 Å². The zero-order chi connectivity index (χ0) is 25.5. The maximum Gasteiger partial charge on any atom is 0.328 e. The van der Waals surface area contributed by atoms with E-state index in [1.165, 1.54) is 12.0 Å². The largest absolute Gasteiger partial charge is 0.504 e. The number of rotatable bonds is 10. The number of urea groups is 1. The number of likely N-dealkylation sites (tertiary alicyclic amines) is 1. The van der Waals surface area contributed by atoms with Crippen LogP contribution < -0.4 is 4.74 Å². The van der Waals surface area contributed by atoms with E-state index < -0.39 is 5.54 Å². The van der Waals surface area contributed by atoms with Crippen molar-refractivity contribution in [3.63, 3.8) is 0 Å². The Morgan fingerprint density at radius 3 is 2.64 bits per heavy atom. The molecule has 0 aliphatic carbocycles. The predicted octanol–water partition coefficient (Wildman–Crippen LogP) is 3.14. The molecular formula is C27H34N4O5. The first-order chi connectivity index (χ1) is 17.5. The van der Waals surface area contributed by atoms with E-state index in [2.05, 4.69) is 16.0 Å². The SMILES string of the molecule is COCCCN1C(=O)N(Cc2ccccn2)C(=O)C12CCN(C/C=C/c1ccc(O)c(OC)c1)CC2. The van der Waals surface area contributed by atoms with Crippen molar-refractivity contribution in [1.82, 2.24) is 19.7 Å². The number of amides is 3. The molecule has 192 valence electrons. The summed E-state index contributed by atoms with van der Waals surface area (Å²) >= 11 is 0. The Bertz CT molecular complexity index is 1080. The molecule has 2 aliphatic heterocycles. The minimum atomic E-state index is -0.815. The molecule has 2 saturated heterocycles. The van der Waals surface area contributed by atoms with E-state index in [-0.39, 0.29) is 24.2 Å². The number of nitrogens with zero attached hydrogens (tertiary/aromatic N) is 4. The van der Waals surface area contributed by atoms with E-state index in [1.54, 1.807) is 30.3 Å². The number of piperidine rings is 1. The molecule has 0 bridgehead atoms. The lowest BCUT2D eigenvalue weighted by Gasteiger charge is -2.42. The molecule has 1 N–H and O–H groups in total. The fraction of sp³-hybridized carbons (Fsp3) is 0.444. The van der Waals surface area contributed by atoms with Crippen LogP contribution in [0.2, 0.25) is 0 Å². The normalized spacial score (nSPS) is 18.1. The highest BCUT2D eigenvalue weighted by molar-refractivity contribution is 6.07. The van der Waals surface area contributed by atoms with Gasteiger partial charge in [0.2, 0.25) is 0 Å². The Labute approximate surface area is 211 Å². The van der Waals surface area contributed by atoms with E-state index in [9.17, 15) is 14.7 Å². The Balaban J connectivity index is 1.43. The van der Waals surface area contributed by atoms with Crippen LogP contribution in [-0.4, -0.2) is 89.3 Å². The number of methoxy groups -OCH3 is 2. The lowest BCUT2D eigenvalue weighted by molar-refractivity contribution is -0.136. The summed E-state index contributed by atoms with van der Waals surface area (Å²) < 4.78 is 10.4. The summed E-state index contributed by atoms with van der Waals surface area (Å²) in [5.41, 5.74) is 0.815. The number of aromatic hydroxyl groups is 1. The first-order valence-corrected chi connectivity index (χ1v) is 12.3. The maximum absolute atomic E-state index is 13.7. The van der Waals surface area contributed by atoms with Crippen molar-refractivity contribution < 1.29 is 24.2 Å². The van der Waals surface area contributed by atoms with Gasteiger partial charge in [0.05, 0.1) is 19.3 Å². The van der Waals surface area contributed by atoms with Gasteiger partial charge in [0, 0.05) is 46.1 Å². The number of hydrogen-bond donors (Lipinski definition) is 1. The monoisotopic (exact) mass is 494 g/mol. The Morgan fingerprint density at radius 2 is 1.94 bits per heavy atom. The van der Waals surface area contributed by atoms with Crippen LogP contribution in [0.1, 0.15) is 30.5 Å². The third-order valence-corrected chi connectivity index (χ3v) is 6.96. The number of imide groups is 1. The van der Waals surface area contributed by atoms with Crippen molar-refractivity contribution in [2.75, 3.05) is 47.0 Å². The second-order valence-electron chi connectivity index (χ2n) is 9.16. The predicted molar refractivity (Wildman–Crippen MR) is 135 cm³/mol. The molecule has 0 atom stereocenters. The number of ether oxygens (including phenoxy) is 2. The maximum atomic E-state index is 13.7. The molecule has 4 rings (SSSR count). The van der Waals surface area contributed by atoms with Crippen molar-refractivity contribution in [2.24, 2.45) is 0 Å². The summed E-state index contributed by atoms with van der Waals surface area (Å²) in [6, 6.07) is 10.5. The van der Waals surface area contributed by atoms with Gasteiger partial charge in [-0.15, -0.1) is 0 Å². The molecule has 9 heteroatoms. The smallest absolute Gasteiger partial charge is 0.328 e. The van der Waals surface area contributed by atoms with Gasteiger partial charge in [-0.2, -0.15) is 0 Å². The summed E-state index contributed by atoms with van der Waals surface area (Å²) in [6.45, 7) is 3.35. The molecule has 36 heavy (non-hydrogen) atoms. The Morgan fingerprint density at radius 1 is 1.14 bits per heavy atom. The van der Waals surface area contributed by atoms with E-state index in [0.717, 1.165) is 12.1 Å². The first kappa shape index (κ1) is 25.7. The number of carbonyl (C=O) groups is 2. The zero-order valence-corrected chi connectivity index (χ0v) is 20.9. The molecule has 3 amide bonds. The number of aromatic nitrogens is 1. The van der Waals surface area contributed by atoms with Gasteiger partial charge in [-0.3, -0.25) is 19.6 Å². The van der Waals surface area contributed by atoms with Crippen LogP contribution in [-0.2, 0) is 16.1 Å². The van der Waals surface area contributed by atoms with Crippen LogP contribution in [0.25, 0.3) is 6.08 Å². The molecule has 0 saturated carbocycles. The topological polar surface area (TPSA) is 95.4 Å². The number of carbonyl (C=O) groups excluding carboxylic acids is 2. The van der Waals surface area contributed by atoms with Gasteiger partial charge in [-0.05, 0) is 49.1 Å². The second-order valence-corrected chi connectivity index (χ2v) is 9.16. The molecule has 1 aromatic carbocycles. The Kier molecular flexibility index (Phi) is 8.22. The van der Waals surface area contributed by atoms with Gasteiger partial charge in [-0.1, -0.05) is 24.3 Å². The van der Waals surface area contributed by atoms with Crippen molar-refractivity contribution in [2.45, 2.75) is 31.3 Å². The third-order valence-electron chi connectivity index (χ3n) is 6.96. The quantitative estimate of drug-likeness (QED) is 0.400. The summed E-state index contributed by atoms with van der Waals surface area (Å²) in [5, 5.41) is 9.77. The molecule has 9 nitrogen and oxygen atoms in total. The first-order valence-electron chi connectivity index (χ1n) is 12.3. The van der Waals surface area contributed by atoms with Crippen LogP contribution in [0.5, 0.6) is 11.5 Å². The van der Waals surface area contributed by atoms with Gasteiger partial charge >= 0.3 is 6.03 Å². The molecule has 2 aromatic rings. The molecule has 0 unspecified atom stereocenters. The number of phenols is 1. The van der Waals surface area contributed by atoms with Crippen molar-refractivity contribution in [1.29, 1.82) is 0 Å². The van der Waals surface area contributed by atoms with E-state index in [4.69, 9.17) is 9.47 Å². The standard InChI is InChI=1S/C27H34N4O5/c1-35-18-6-15-31-26(34)30(20-22-8-3-4-13-28-22)25(33)27(31)11-16-29(17-12-27)14-5-7-21-9-10-23(32)24(19-21)36-2/h3-5,7-10,13,19,32H,6,11-12,14-18,20H2,1-2H3/b7-5+. The third kappa shape index (κ3) is 5.37. The molecule has 2 aliphatic rings. The van der Waals surface area contributed by atoms with Crippen molar-refractivity contribution >= 4 is 18.0 Å². The number of phenolic OH excluding ortho intramolecular Hbond substituents is 1. The second kappa shape index (κ2) is 11.5. The Hall–Kier alpha value is -3.43. The highest BCUT2D eigenvalue weighted by Gasteiger charge is 2.57. The summed E-state index contributed by atoms with van der Waals surface area (Å²) in [4.78, 5) is 36.8. The number of benzene rings is 1. The fourth-order valence-electron chi connectivity index (χ4n) is 4.98. The average Bonchev–Trinajstić information content (AvgIpc) is 3.08. The van der Waals surface area contributed by atoms with Gasteiger partial charge in [0.25, 0.3) is 5.91 Å². The van der Waals surface area contributed by atoms with Gasteiger partial charge in [0.15, 0.2) is 11.5 Å². The number of hydrogen-bond acceptors (Lipinski definition) is 7.